The predicted molar refractivity (Wildman–Crippen MR) is 131 cm³/mol. The first-order valence-electron chi connectivity index (χ1n) is 11.5. The third-order valence-electron chi connectivity index (χ3n) is 5.79. The third kappa shape index (κ3) is 6.45. The number of amides is 2. The second-order valence-electron chi connectivity index (χ2n) is 8.37. The molecule has 1 unspecified atom stereocenters. The first kappa shape index (κ1) is 24.0. The van der Waals surface area contributed by atoms with Crippen LogP contribution in [0.1, 0.15) is 40.0 Å². The van der Waals surface area contributed by atoms with E-state index in [1.165, 1.54) is 17.1 Å². The van der Waals surface area contributed by atoms with Gasteiger partial charge in [-0.05, 0) is 67.3 Å². The molecule has 3 aromatic carbocycles. The number of hydrogen-bond acceptors (Lipinski definition) is 5. The van der Waals surface area contributed by atoms with Crippen LogP contribution in [0, 0.1) is 5.92 Å². The van der Waals surface area contributed by atoms with Gasteiger partial charge in [-0.1, -0.05) is 30.3 Å². The Balaban J connectivity index is 1.28. The lowest BCUT2D eigenvalue weighted by atomic mass is 9.99. The van der Waals surface area contributed by atoms with Gasteiger partial charge in [0.2, 0.25) is 5.91 Å². The largest absolute Gasteiger partial charge is 0.478 e. The highest BCUT2D eigenvalue weighted by Gasteiger charge is 2.25. The van der Waals surface area contributed by atoms with Gasteiger partial charge in [0.05, 0.1) is 11.1 Å². The number of benzene rings is 3. The molecule has 1 heterocycles. The quantitative estimate of drug-likeness (QED) is 0.464. The molecule has 2 amide bonds. The van der Waals surface area contributed by atoms with Crippen LogP contribution in [0.15, 0.2) is 78.9 Å². The number of rotatable bonds is 7. The molecule has 35 heavy (non-hydrogen) atoms. The molecule has 8 heteroatoms. The van der Waals surface area contributed by atoms with Crippen LogP contribution in [0.2, 0.25) is 0 Å². The van der Waals surface area contributed by atoms with E-state index >= 15 is 0 Å². The highest BCUT2D eigenvalue weighted by Crippen LogP contribution is 2.23. The molecule has 1 atom stereocenters. The lowest BCUT2D eigenvalue weighted by Gasteiger charge is -2.22. The number of ether oxygens (including phenoxy) is 1. The maximum atomic E-state index is 12.9. The van der Waals surface area contributed by atoms with Crippen molar-refractivity contribution in [3.8, 4) is 11.5 Å². The van der Waals surface area contributed by atoms with Gasteiger partial charge in [-0.3, -0.25) is 14.6 Å². The Morgan fingerprint density at radius 1 is 0.914 bits per heavy atom. The molecule has 0 bridgehead atoms. The number of anilines is 1. The van der Waals surface area contributed by atoms with E-state index < -0.39 is 5.97 Å². The molecule has 1 fully saturated rings. The highest BCUT2D eigenvalue weighted by molar-refractivity contribution is 6.04. The Kier molecular flexibility index (Phi) is 7.74. The van der Waals surface area contributed by atoms with Crippen molar-refractivity contribution in [3.63, 3.8) is 0 Å². The van der Waals surface area contributed by atoms with Gasteiger partial charge in [-0.25, -0.2) is 10.2 Å². The number of nitrogens with one attached hydrogen (secondary N) is 2. The first-order valence-corrected chi connectivity index (χ1v) is 11.5. The summed E-state index contributed by atoms with van der Waals surface area (Å²) in [5.74, 6) is -0.169. The second kappa shape index (κ2) is 11.3. The molecular formula is C27H27N3O5. The Morgan fingerprint density at radius 3 is 2.29 bits per heavy atom. The van der Waals surface area contributed by atoms with Gasteiger partial charge in [0.1, 0.15) is 11.5 Å². The van der Waals surface area contributed by atoms with E-state index in [1.807, 2.05) is 30.3 Å². The number of hydrazine groups is 1. The SMILES string of the molecule is O=C(CC1CCCN(C(=O)c2ccccc2C(=O)O)NC1)Nc1ccc(Oc2ccccc2)cc1. The Bertz CT molecular complexity index is 1180. The molecule has 4 rings (SSSR count). The minimum Gasteiger partial charge on any atom is -0.478 e. The third-order valence-corrected chi connectivity index (χ3v) is 5.79. The maximum Gasteiger partial charge on any atom is 0.336 e. The van der Waals surface area contributed by atoms with Crippen molar-refractivity contribution < 1.29 is 24.2 Å². The summed E-state index contributed by atoms with van der Waals surface area (Å²) in [6.45, 7) is 0.881. The standard InChI is InChI=1S/C27H27N3O5/c31-25(29-20-12-14-22(15-13-20)35-21-8-2-1-3-9-21)17-19-7-6-16-30(28-18-19)26(32)23-10-4-5-11-24(23)27(33)34/h1-5,8-15,19,28H,6-7,16-18H2,(H,29,31)(H,33,34). The number of carbonyl (C=O) groups excluding carboxylic acids is 2. The van der Waals surface area contributed by atoms with Gasteiger partial charge in [-0.15, -0.1) is 0 Å². The number of carbonyl (C=O) groups is 3. The zero-order chi connectivity index (χ0) is 24.6. The number of nitrogens with zero attached hydrogens (tertiary/aromatic N) is 1. The van der Waals surface area contributed by atoms with Crippen molar-refractivity contribution in [1.29, 1.82) is 0 Å². The molecule has 1 saturated heterocycles. The van der Waals surface area contributed by atoms with Crippen molar-refractivity contribution >= 4 is 23.5 Å². The molecule has 3 aromatic rings. The maximum absolute atomic E-state index is 12.9. The minimum absolute atomic E-state index is 0.0281. The average Bonchev–Trinajstić information content (AvgIpc) is 3.11. The van der Waals surface area contributed by atoms with E-state index in [0.717, 1.165) is 12.2 Å². The number of carboxylic acids is 1. The molecule has 0 radical (unpaired) electrons. The van der Waals surface area contributed by atoms with Crippen molar-refractivity contribution in [1.82, 2.24) is 10.4 Å². The molecule has 0 aromatic heterocycles. The summed E-state index contributed by atoms with van der Waals surface area (Å²) in [6, 6.07) is 22.8. The van der Waals surface area contributed by atoms with Crippen LogP contribution in [0.25, 0.3) is 0 Å². The zero-order valence-electron chi connectivity index (χ0n) is 19.1. The smallest absolute Gasteiger partial charge is 0.336 e. The van der Waals surface area contributed by atoms with E-state index in [9.17, 15) is 19.5 Å². The number of hydrogen-bond donors (Lipinski definition) is 3. The fourth-order valence-corrected chi connectivity index (χ4v) is 4.01. The Morgan fingerprint density at radius 2 is 1.57 bits per heavy atom. The molecule has 0 aliphatic carbocycles. The number of carboxylic acid groups (broad SMARTS) is 1. The highest BCUT2D eigenvalue weighted by atomic mass is 16.5. The summed E-state index contributed by atoms with van der Waals surface area (Å²) in [7, 11) is 0. The van der Waals surface area contributed by atoms with Crippen molar-refractivity contribution in [3.05, 3.63) is 90.0 Å². The van der Waals surface area contributed by atoms with E-state index in [2.05, 4.69) is 10.7 Å². The predicted octanol–water partition coefficient (Wildman–Crippen LogP) is 4.56. The topological polar surface area (TPSA) is 108 Å². The summed E-state index contributed by atoms with van der Waals surface area (Å²) in [5.41, 5.74) is 3.88. The fourth-order valence-electron chi connectivity index (χ4n) is 4.01. The fraction of sp³-hybridized carbons (Fsp3) is 0.222. The molecular weight excluding hydrogens is 446 g/mol. The van der Waals surface area contributed by atoms with E-state index in [1.54, 1.807) is 36.4 Å². The van der Waals surface area contributed by atoms with Gasteiger partial charge in [0.15, 0.2) is 0 Å². The summed E-state index contributed by atoms with van der Waals surface area (Å²) in [5, 5.41) is 13.7. The monoisotopic (exact) mass is 473 g/mol. The van der Waals surface area contributed by atoms with Crippen LogP contribution in [-0.4, -0.2) is 41.0 Å². The van der Waals surface area contributed by atoms with Crippen LogP contribution < -0.4 is 15.5 Å². The van der Waals surface area contributed by atoms with Crippen LogP contribution in [-0.2, 0) is 4.79 Å². The van der Waals surface area contributed by atoms with Gasteiger partial charge >= 0.3 is 5.97 Å². The Hall–Kier alpha value is -4.17. The molecule has 1 aliphatic heterocycles. The van der Waals surface area contributed by atoms with Crippen LogP contribution in [0.3, 0.4) is 0 Å². The van der Waals surface area contributed by atoms with Gasteiger partial charge in [-0.2, -0.15) is 0 Å². The van der Waals surface area contributed by atoms with Gasteiger partial charge in [0, 0.05) is 25.2 Å². The van der Waals surface area contributed by atoms with Crippen molar-refractivity contribution in [2.45, 2.75) is 19.3 Å². The summed E-state index contributed by atoms with van der Waals surface area (Å²) >= 11 is 0. The van der Waals surface area contributed by atoms with E-state index in [4.69, 9.17) is 4.74 Å². The first-order chi connectivity index (χ1) is 17.0. The average molecular weight is 474 g/mol. The lowest BCUT2D eigenvalue weighted by Crippen LogP contribution is -2.44. The molecule has 180 valence electrons. The summed E-state index contributed by atoms with van der Waals surface area (Å²) < 4.78 is 5.77. The van der Waals surface area contributed by atoms with Crippen LogP contribution in [0.5, 0.6) is 11.5 Å². The van der Waals surface area contributed by atoms with E-state index in [-0.39, 0.29) is 28.9 Å². The van der Waals surface area contributed by atoms with Crippen LogP contribution >= 0.6 is 0 Å². The van der Waals surface area contributed by atoms with E-state index in [0.29, 0.717) is 37.4 Å². The molecule has 8 nitrogen and oxygen atoms in total. The summed E-state index contributed by atoms with van der Waals surface area (Å²) in [6.07, 6.45) is 1.79. The van der Waals surface area contributed by atoms with Gasteiger partial charge < -0.3 is 15.2 Å². The second-order valence-corrected chi connectivity index (χ2v) is 8.37. The lowest BCUT2D eigenvalue weighted by molar-refractivity contribution is -0.117. The minimum atomic E-state index is -1.14. The summed E-state index contributed by atoms with van der Waals surface area (Å²) in [4.78, 5) is 37.0. The molecule has 0 saturated carbocycles. The Labute approximate surface area is 203 Å². The molecule has 0 spiro atoms. The molecule has 1 aliphatic rings. The number of para-hydroxylation sites is 1. The normalized spacial score (nSPS) is 15.7. The van der Waals surface area contributed by atoms with Crippen molar-refractivity contribution in [2.24, 2.45) is 5.92 Å². The number of aromatic carboxylic acids is 1. The zero-order valence-corrected chi connectivity index (χ0v) is 19.1. The molecule has 3 N–H and O–H groups in total. The van der Waals surface area contributed by atoms with Crippen LogP contribution in [0.4, 0.5) is 5.69 Å². The van der Waals surface area contributed by atoms with Gasteiger partial charge in [0.25, 0.3) is 5.91 Å². The van der Waals surface area contributed by atoms with Crippen molar-refractivity contribution in [2.75, 3.05) is 18.4 Å².